The van der Waals surface area contributed by atoms with Gasteiger partial charge in [0.25, 0.3) is 0 Å². The molecule has 0 aliphatic carbocycles. The molecule has 0 radical (unpaired) electrons. The molecule has 3 heteroatoms. The number of nitrogens with one attached hydrogen (secondary N) is 1. The van der Waals surface area contributed by atoms with Crippen molar-refractivity contribution in [3.05, 3.63) is 34.3 Å². The molecule has 1 saturated heterocycles. The minimum Gasteiger partial charge on any atom is -0.379 e. The van der Waals surface area contributed by atoms with Crippen molar-refractivity contribution in [2.45, 2.75) is 12.5 Å². The van der Waals surface area contributed by atoms with Crippen LogP contribution in [0, 0.1) is 0 Å². The van der Waals surface area contributed by atoms with E-state index in [0.29, 0.717) is 6.04 Å². The van der Waals surface area contributed by atoms with E-state index in [1.165, 1.54) is 5.56 Å². The van der Waals surface area contributed by atoms with Gasteiger partial charge in [0.05, 0.1) is 13.2 Å². The first-order chi connectivity index (χ1) is 6.84. The predicted molar refractivity (Wildman–Crippen MR) is 60.5 cm³/mol. The summed E-state index contributed by atoms with van der Waals surface area (Å²) in [5, 5.41) is 3.45. The third-order valence-corrected chi connectivity index (χ3v) is 2.86. The van der Waals surface area contributed by atoms with Crippen LogP contribution in [0.25, 0.3) is 0 Å². The first-order valence-corrected chi connectivity index (χ1v) is 5.69. The molecule has 1 atom stereocenters. The Balaban J connectivity index is 1.95. The Hall–Kier alpha value is -0.380. The van der Waals surface area contributed by atoms with Crippen molar-refractivity contribution in [2.75, 3.05) is 19.8 Å². The molecule has 76 valence electrons. The van der Waals surface area contributed by atoms with Crippen molar-refractivity contribution in [1.82, 2.24) is 5.32 Å². The topological polar surface area (TPSA) is 21.3 Å². The van der Waals surface area contributed by atoms with E-state index < -0.39 is 0 Å². The molecule has 1 fully saturated rings. The fourth-order valence-electron chi connectivity index (χ4n) is 1.70. The van der Waals surface area contributed by atoms with Crippen LogP contribution in [-0.4, -0.2) is 25.8 Å². The van der Waals surface area contributed by atoms with E-state index in [9.17, 15) is 0 Å². The fraction of sp³-hybridized carbons (Fsp3) is 0.455. The quantitative estimate of drug-likeness (QED) is 0.873. The largest absolute Gasteiger partial charge is 0.379 e. The van der Waals surface area contributed by atoms with Gasteiger partial charge in [0, 0.05) is 17.1 Å². The van der Waals surface area contributed by atoms with Crippen LogP contribution in [-0.2, 0) is 11.2 Å². The molecule has 2 rings (SSSR count). The monoisotopic (exact) mass is 255 g/mol. The van der Waals surface area contributed by atoms with Gasteiger partial charge in [-0.2, -0.15) is 0 Å². The average Bonchev–Trinajstić information content (AvgIpc) is 2.19. The highest BCUT2D eigenvalue weighted by Gasteiger charge is 2.12. The van der Waals surface area contributed by atoms with Crippen LogP contribution < -0.4 is 5.32 Å². The zero-order valence-electron chi connectivity index (χ0n) is 8.00. The molecule has 2 nitrogen and oxygen atoms in total. The molecular weight excluding hydrogens is 242 g/mol. The number of hydrogen-bond acceptors (Lipinski definition) is 2. The van der Waals surface area contributed by atoms with Crippen LogP contribution in [0.4, 0.5) is 0 Å². The maximum absolute atomic E-state index is 5.41. The molecule has 1 heterocycles. The van der Waals surface area contributed by atoms with Crippen molar-refractivity contribution in [1.29, 1.82) is 0 Å². The van der Waals surface area contributed by atoms with Crippen molar-refractivity contribution in [3.8, 4) is 0 Å². The highest BCUT2D eigenvalue weighted by Crippen LogP contribution is 2.13. The summed E-state index contributed by atoms with van der Waals surface area (Å²) in [5.74, 6) is 0. The smallest absolute Gasteiger partial charge is 0.0623 e. The zero-order chi connectivity index (χ0) is 9.80. The first-order valence-electron chi connectivity index (χ1n) is 4.90. The Kier molecular flexibility index (Phi) is 3.56. The number of morpholine rings is 1. The van der Waals surface area contributed by atoms with Crippen molar-refractivity contribution in [3.63, 3.8) is 0 Å². The van der Waals surface area contributed by atoms with E-state index in [2.05, 4.69) is 39.4 Å². The van der Waals surface area contributed by atoms with Gasteiger partial charge in [-0.1, -0.05) is 28.1 Å². The van der Waals surface area contributed by atoms with E-state index in [-0.39, 0.29) is 0 Å². The lowest BCUT2D eigenvalue weighted by Gasteiger charge is -2.23. The van der Waals surface area contributed by atoms with Crippen LogP contribution in [0.5, 0.6) is 0 Å². The maximum Gasteiger partial charge on any atom is 0.0623 e. The van der Waals surface area contributed by atoms with E-state index in [0.717, 1.165) is 30.7 Å². The Morgan fingerprint density at radius 3 is 3.14 bits per heavy atom. The van der Waals surface area contributed by atoms with Crippen LogP contribution in [0.3, 0.4) is 0 Å². The van der Waals surface area contributed by atoms with E-state index >= 15 is 0 Å². The summed E-state index contributed by atoms with van der Waals surface area (Å²) < 4.78 is 6.56. The molecule has 0 aromatic heterocycles. The third kappa shape index (κ3) is 2.80. The minimum absolute atomic E-state index is 0.470. The first kappa shape index (κ1) is 10.1. The second-order valence-corrected chi connectivity index (χ2v) is 4.48. The van der Waals surface area contributed by atoms with Gasteiger partial charge in [0.1, 0.15) is 0 Å². The third-order valence-electron chi connectivity index (χ3n) is 2.37. The number of ether oxygens (including phenoxy) is 1. The standard InChI is InChI=1S/C11H14BrNO/c12-10-3-1-2-9(6-10)7-11-8-14-5-4-13-11/h1-3,6,11,13H,4-5,7-8H2/t11-/m0/s1. The van der Waals surface area contributed by atoms with Gasteiger partial charge in [0.15, 0.2) is 0 Å². The van der Waals surface area contributed by atoms with Gasteiger partial charge < -0.3 is 10.1 Å². The summed E-state index contributed by atoms with van der Waals surface area (Å²) >= 11 is 3.48. The predicted octanol–water partition coefficient (Wildman–Crippen LogP) is 1.98. The molecule has 0 amide bonds. The SMILES string of the molecule is Brc1cccc(C[C@H]2COCCN2)c1. The highest BCUT2D eigenvalue weighted by atomic mass is 79.9. The molecule has 0 spiro atoms. The van der Waals surface area contributed by atoms with Gasteiger partial charge >= 0.3 is 0 Å². The molecule has 1 aliphatic heterocycles. The summed E-state index contributed by atoms with van der Waals surface area (Å²) in [5.41, 5.74) is 1.35. The molecule has 1 N–H and O–H groups in total. The lowest BCUT2D eigenvalue weighted by atomic mass is 10.1. The van der Waals surface area contributed by atoms with Gasteiger partial charge in [-0.15, -0.1) is 0 Å². The molecular formula is C11H14BrNO. The number of rotatable bonds is 2. The number of halogens is 1. The van der Waals surface area contributed by atoms with Gasteiger partial charge in [-0.3, -0.25) is 0 Å². The Morgan fingerprint density at radius 1 is 1.50 bits per heavy atom. The van der Waals surface area contributed by atoms with Gasteiger partial charge in [-0.05, 0) is 24.1 Å². The molecule has 1 aromatic carbocycles. The normalized spacial score (nSPS) is 22.2. The van der Waals surface area contributed by atoms with Crippen molar-refractivity contribution in [2.24, 2.45) is 0 Å². The zero-order valence-corrected chi connectivity index (χ0v) is 9.59. The Labute approximate surface area is 92.8 Å². The van der Waals surface area contributed by atoms with Gasteiger partial charge in [-0.25, -0.2) is 0 Å². The van der Waals surface area contributed by atoms with Crippen molar-refractivity contribution < 1.29 is 4.74 Å². The number of hydrogen-bond donors (Lipinski definition) is 1. The second kappa shape index (κ2) is 4.91. The number of benzene rings is 1. The molecule has 1 aromatic rings. The van der Waals surface area contributed by atoms with Crippen LogP contribution in [0.2, 0.25) is 0 Å². The fourth-order valence-corrected chi connectivity index (χ4v) is 2.15. The van der Waals surface area contributed by atoms with Crippen LogP contribution in [0.1, 0.15) is 5.56 Å². The molecule has 0 saturated carbocycles. The summed E-state index contributed by atoms with van der Waals surface area (Å²) in [6, 6.07) is 8.91. The van der Waals surface area contributed by atoms with Crippen LogP contribution >= 0.6 is 15.9 Å². The summed E-state index contributed by atoms with van der Waals surface area (Å²) in [6.45, 7) is 2.64. The molecule has 1 aliphatic rings. The highest BCUT2D eigenvalue weighted by molar-refractivity contribution is 9.10. The Bertz CT molecular complexity index is 297. The second-order valence-electron chi connectivity index (χ2n) is 3.56. The van der Waals surface area contributed by atoms with Crippen molar-refractivity contribution >= 4 is 15.9 Å². The van der Waals surface area contributed by atoms with Gasteiger partial charge in [0.2, 0.25) is 0 Å². The molecule has 0 unspecified atom stereocenters. The summed E-state index contributed by atoms with van der Waals surface area (Å²) in [7, 11) is 0. The maximum atomic E-state index is 5.41. The van der Waals surface area contributed by atoms with E-state index in [1.54, 1.807) is 0 Å². The molecule has 14 heavy (non-hydrogen) atoms. The Morgan fingerprint density at radius 2 is 2.43 bits per heavy atom. The molecule has 0 bridgehead atoms. The lowest BCUT2D eigenvalue weighted by Crippen LogP contribution is -2.42. The lowest BCUT2D eigenvalue weighted by molar-refractivity contribution is 0.0770. The van der Waals surface area contributed by atoms with Crippen LogP contribution in [0.15, 0.2) is 28.7 Å². The average molecular weight is 256 g/mol. The van der Waals surface area contributed by atoms with E-state index in [1.807, 2.05) is 6.07 Å². The van der Waals surface area contributed by atoms with E-state index in [4.69, 9.17) is 4.74 Å². The minimum atomic E-state index is 0.470. The summed E-state index contributed by atoms with van der Waals surface area (Å²) in [6.07, 6.45) is 1.04. The summed E-state index contributed by atoms with van der Waals surface area (Å²) in [4.78, 5) is 0.